The predicted molar refractivity (Wildman–Crippen MR) is 30.4 cm³/mol. The molecule has 0 rings (SSSR count). The molecule has 0 aromatic heterocycles. The van der Waals surface area contributed by atoms with Crippen molar-refractivity contribution in [3.8, 4) is 0 Å². The second-order valence-electron chi connectivity index (χ2n) is 0. The summed E-state index contributed by atoms with van der Waals surface area (Å²) in [4.78, 5) is 0. The molecule has 0 amide bonds. The van der Waals surface area contributed by atoms with E-state index in [0.29, 0.717) is 0 Å². The Morgan fingerprint density at radius 2 is 0.800 bits per heavy atom. The summed E-state index contributed by atoms with van der Waals surface area (Å²) in [7, 11) is 0. The van der Waals surface area contributed by atoms with Crippen LogP contribution in [0.2, 0.25) is 0 Å². The third-order valence-electron chi connectivity index (χ3n) is 0. The van der Waals surface area contributed by atoms with Crippen molar-refractivity contribution in [2.75, 3.05) is 0 Å². The maximum atomic E-state index is 0. The first-order valence-electron chi connectivity index (χ1n) is 0. The predicted octanol–water partition coefficient (Wildman–Crippen LogP) is -1.54. The van der Waals surface area contributed by atoms with Crippen LogP contribution in [0, 0.1) is 0 Å². The first-order valence-corrected chi connectivity index (χ1v) is 0. The molecule has 0 aliphatic heterocycles. The van der Waals surface area contributed by atoms with Gasteiger partial charge in [-0.1, -0.05) is 0 Å². The summed E-state index contributed by atoms with van der Waals surface area (Å²) in [5.41, 5.74) is 0. The largest absolute Gasteiger partial charge is 2.00 e. The zero-order valence-electron chi connectivity index (χ0n) is 6.82. The quantitative estimate of drug-likeness (QED) is 0.382. The molecule has 0 spiro atoms. The van der Waals surface area contributed by atoms with Gasteiger partial charge in [-0.25, -0.2) is 0 Å². The summed E-state index contributed by atoms with van der Waals surface area (Å²) >= 11 is 0. The molecule has 32 valence electrons. The van der Waals surface area contributed by atoms with Gasteiger partial charge < -0.3 is 16.7 Å². The summed E-state index contributed by atoms with van der Waals surface area (Å²) in [5.74, 6) is 0. The minimum Gasteiger partial charge on any atom is -1.00 e. The Morgan fingerprint density at radius 3 is 0.800 bits per heavy atom. The van der Waals surface area contributed by atoms with Gasteiger partial charge in [0.1, 0.15) is 0 Å². The number of hydrogen-bond acceptors (Lipinski definition) is 0. The van der Waals surface area contributed by atoms with Gasteiger partial charge in [0.15, 0.2) is 0 Å². The van der Waals surface area contributed by atoms with E-state index < -0.39 is 0 Å². The minimum atomic E-state index is 0. The van der Waals surface area contributed by atoms with Crippen LogP contribution in [0.3, 0.4) is 0 Å². The van der Waals surface area contributed by atoms with Crippen molar-refractivity contribution < 1.29 is 16.7 Å². The fraction of sp³-hybridized carbons (Fsp3) is 0. The van der Waals surface area contributed by atoms with Gasteiger partial charge in [-0.2, -0.15) is 0 Å². The molecule has 0 aliphatic carbocycles. The Morgan fingerprint density at radius 1 is 0.800 bits per heavy atom. The first kappa shape index (κ1) is 47.0. The fourth-order valence-corrected chi connectivity index (χ4v) is 0. The van der Waals surface area contributed by atoms with Crippen LogP contribution in [0.25, 0.3) is 0 Å². The Kier molecular flexibility index (Phi) is 279. The summed E-state index contributed by atoms with van der Waals surface area (Å²) < 4.78 is 0. The van der Waals surface area contributed by atoms with Crippen molar-refractivity contribution >= 4 is 87.9 Å². The van der Waals surface area contributed by atoms with Crippen molar-refractivity contribution in [2.24, 2.45) is 0 Å². The van der Waals surface area contributed by atoms with Gasteiger partial charge in [0.25, 0.3) is 0 Å². The van der Waals surface area contributed by atoms with Crippen molar-refractivity contribution in [1.82, 2.24) is 0 Å². The monoisotopic (exact) mass is 156 g/mol. The van der Waals surface area contributed by atoms with Gasteiger partial charge in [-0.3, -0.25) is 0 Å². The number of rotatable bonds is 0. The SMILES string of the molecule is Cl.O.O.[Ca+2].[Ca+2].[H-].[H-].[H-].[H-]. The average Bonchev–Trinajstić information content (AvgIpc) is 0. The molecule has 0 saturated heterocycles. The Hall–Kier alpha value is 2.73. The van der Waals surface area contributed by atoms with Crippen LogP contribution in [-0.2, 0) is 0 Å². The third-order valence-corrected chi connectivity index (χ3v) is 0. The molecule has 0 radical (unpaired) electrons. The van der Waals surface area contributed by atoms with Crippen LogP contribution < -0.4 is 0 Å². The van der Waals surface area contributed by atoms with E-state index in [4.69, 9.17) is 0 Å². The van der Waals surface area contributed by atoms with E-state index in [2.05, 4.69) is 0 Å². The summed E-state index contributed by atoms with van der Waals surface area (Å²) in [5, 5.41) is 0. The standard InChI is InChI=1S/2Ca.ClH.2H2O.4H/h;;1H;2*1H2;;;;/q2*+2;;;;4*-1. The first-order chi connectivity index (χ1) is 0. The molecule has 0 heterocycles. The van der Waals surface area contributed by atoms with E-state index in [0.717, 1.165) is 0 Å². The summed E-state index contributed by atoms with van der Waals surface area (Å²) in [6.07, 6.45) is 0. The van der Waals surface area contributed by atoms with E-state index in [1.165, 1.54) is 0 Å². The molecule has 0 atom stereocenters. The topological polar surface area (TPSA) is 63.0 Å². The average molecular weight is 157 g/mol. The number of halogens is 1. The van der Waals surface area contributed by atoms with Crippen molar-refractivity contribution in [1.29, 1.82) is 0 Å². The molecular weight excluding hydrogens is 148 g/mol. The zero-order valence-corrected chi connectivity index (χ0v) is 8.06. The Labute approximate surface area is 103 Å². The third kappa shape index (κ3) is 20.2. The van der Waals surface area contributed by atoms with Gasteiger partial charge >= 0.3 is 75.5 Å². The van der Waals surface area contributed by atoms with Gasteiger partial charge in [0.2, 0.25) is 0 Å². The van der Waals surface area contributed by atoms with Crippen LogP contribution in [0.5, 0.6) is 0 Å². The van der Waals surface area contributed by atoms with Gasteiger partial charge in [-0.15, -0.1) is 12.4 Å². The second kappa shape index (κ2) is 29.7. The summed E-state index contributed by atoms with van der Waals surface area (Å²) in [6, 6.07) is 0. The van der Waals surface area contributed by atoms with Crippen LogP contribution in [-0.4, -0.2) is 86.4 Å². The van der Waals surface area contributed by atoms with Crippen LogP contribution in [0.1, 0.15) is 5.71 Å². The van der Waals surface area contributed by atoms with Gasteiger partial charge in [0.05, 0.1) is 0 Å². The van der Waals surface area contributed by atoms with E-state index in [1.807, 2.05) is 0 Å². The molecule has 2 nitrogen and oxygen atoms in total. The van der Waals surface area contributed by atoms with Crippen molar-refractivity contribution in [3.05, 3.63) is 0 Å². The van der Waals surface area contributed by atoms with Crippen molar-refractivity contribution in [3.63, 3.8) is 0 Å². The summed E-state index contributed by atoms with van der Waals surface area (Å²) in [6.45, 7) is 0. The molecule has 5 heteroatoms. The van der Waals surface area contributed by atoms with Crippen LogP contribution in [0.4, 0.5) is 0 Å². The molecule has 0 bridgehead atoms. The van der Waals surface area contributed by atoms with Gasteiger partial charge in [-0.05, 0) is 0 Å². The van der Waals surface area contributed by atoms with E-state index in [-0.39, 0.29) is 105 Å². The molecule has 0 aliphatic rings. The molecule has 0 aromatic rings. The maximum absolute atomic E-state index is 0. The molecule has 0 saturated carbocycles. The molecule has 0 aromatic carbocycles. The fourth-order valence-electron chi connectivity index (χ4n) is 0. The molecule has 0 fully saturated rings. The zero-order chi connectivity index (χ0) is 0. The van der Waals surface area contributed by atoms with Crippen LogP contribution >= 0.6 is 12.4 Å². The Balaban J connectivity index is 0. The smallest absolute Gasteiger partial charge is 1.00 e. The minimum absolute atomic E-state index is 0. The molecule has 4 N–H and O–H groups in total. The Bertz CT molecular complexity index is 16.5. The molecular formula is H9Ca2ClO2. The molecule has 5 heavy (non-hydrogen) atoms. The van der Waals surface area contributed by atoms with Gasteiger partial charge in [0, 0.05) is 0 Å². The van der Waals surface area contributed by atoms with Crippen molar-refractivity contribution in [2.45, 2.75) is 0 Å². The normalized spacial score (nSPS) is 0. The maximum Gasteiger partial charge on any atom is 2.00 e. The van der Waals surface area contributed by atoms with Crippen LogP contribution in [0.15, 0.2) is 0 Å². The number of hydrogen-bond donors (Lipinski definition) is 0. The van der Waals surface area contributed by atoms with E-state index >= 15 is 0 Å². The van der Waals surface area contributed by atoms with E-state index in [9.17, 15) is 0 Å². The second-order valence-corrected chi connectivity index (χ2v) is 0. The van der Waals surface area contributed by atoms with E-state index in [1.54, 1.807) is 0 Å². The molecule has 0 unspecified atom stereocenters.